The van der Waals surface area contributed by atoms with Gasteiger partial charge in [0.15, 0.2) is 6.10 Å². The lowest BCUT2D eigenvalue weighted by atomic mass is 10.2. The van der Waals surface area contributed by atoms with E-state index in [1.807, 2.05) is 31.2 Å². The van der Waals surface area contributed by atoms with Gasteiger partial charge in [-0.25, -0.2) is 0 Å². The molecular formula is C19H22N4O4S. The molecule has 9 heteroatoms. The fourth-order valence-corrected chi connectivity index (χ4v) is 3.95. The van der Waals surface area contributed by atoms with Gasteiger partial charge in [0.05, 0.1) is 34.4 Å². The minimum Gasteiger partial charge on any atom is -0.452 e. The Kier molecular flexibility index (Phi) is 5.73. The third kappa shape index (κ3) is 4.19. The molecule has 0 bridgehead atoms. The van der Waals surface area contributed by atoms with E-state index < -0.39 is 23.2 Å². The van der Waals surface area contributed by atoms with Gasteiger partial charge in [-0.1, -0.05) is 12.1 Å². The Balaban J connectivity index is 1.57. The summed E-state index contributed by atoms with van der Waals surface area (Å²) in [5.41, 5.74) is 2.82. The standard InChI is InChI=1S/C19H22N4O4S/c1-10-17(11(2)23(4)22-10)21-18(25)12(3)27-16(24)9-15-19(26)20-13-7-5-6-8-14(13)28-15/h5-8,12,15H,9H2,1-4H3,(H,20,26)(H,21,25)/t12-,15-/m0/s1. The molecular weight excluding hydrogens is 380 g/mol. The quantitative estimate of drug-likeness (QED) is 0.745. The summed E-state index contributed by atoms with van der Waals surface area (Å²) in [5, 5.41) is 9.17. The molecule has 0 unspecified atom stereocenters. The lowest BCUT2D eigenvalue weighted by Gasteiger charge is -2.23. The number of benzene rings is 1. The number of hydrogen-bond donors (Lipinski definition) is 2. The number of ether oxygens (including phenoxy) is 1. The van der Waals surface area contributed by atoms with E-state index >= 15 is 0 Å². The molecule has 3 rings (SSSR count). The number of aromatic nitrogens is 2. The van der Waals surface area contributed by atoms with E-state index in [4.69, 9.17) is 4.74 Å². The van der Waals surface area contributed by atoms with E-state index in [2.05, 4.69) is 15.7 Å². The summed E-state index contributed by atoms with van der Waals surface area (Å²) in [6, 6.07) is 7.39. The largest absolute Gasteiger partial charge is 0.452 e. The van der Waals surface area contributed by atoms with Crippen molar-refractivity contribution in [3.63, 3.8) is 0 Å². The summed E-state index contributed by atoms with van der Waals surface area (Å²) < 4.78 is 6.90. The Hall–Kier alpha value is -2.81. The molecule has 1 aromatic heterocycles. The smallest absolute Gasteiger partial charge is 0.308 e. The summed E-state index contributed by atoms with van der Waals surface area (Å²) in [7, 11) is 1.78. The first-order valence-corrected chi connectivity index (χ1v) is 9.71. The second kappa shape index (κ2) is 8.05. The highest BCUT2D eigenvalue weighted by atomic mass is 32.2. The second-order valence-corrected chi connectivity index (χ2v) is 7.83. The molecule has 2 N–H and O–H groups in total. The number of aryl methyl sites for hydroxylation is 2. The minimum absolute atomic E-state index is 0.118. The van der Waals surface area contributed by atoms with Gasteiger partial charge in [0.1, 0.15) is 0 Å². The molecule has 0 spiro atoms. The first-order chi connectivity index (χ1) is 13.3. The van der Waals surface area contributed by atoms with Crippen molar-refractivity contribution in [2.75, 3.05) is 10.6 Å². The highest BCUT2D eigenvalue weighted by molar-refractivity contribution is 8.01. The van der Waals surface area contributed by atoms with Gasteiger partial charge < -0.3 is 15.4 Å². The molecule has 0 radical (unpaired) electrons. The number of para-hydroxylation sites is 1. The van der Waals surface area contributed by atoms with Crippen molar-refractivity contribution in [3.05, 3.63) is 35.7 Å². The SMILES string of the molecule is Cc1nn(C)c(C)c1NC(=O)[C@H](C)OC(=O)C[C@@H]1Sc2ccccc2NC1=O. The van der Waals surface area contributed by atoms with E-state index in [1.165, 1.54) is 18.7 Å². The van der Waals surface area contributed by atoms with Crippen molar-refractivity contribution >= 4 is 40.9 Å². The number of anilines is 2. The van der Waals surface area contributed by atoms with Crippen LogP contribution in [0.1, 0.15) is 24.7 Å². The molecule has 148 valence electrons. The Labute approximate surface area is 167 Å². The molecule has 0 fully saturated rings. The average Bonchev–Trinajstić information content (AvgIpc) is 2.88. The van der Waals surface area contributed by atoms with Gasteiger partial charge in [-0.3, -0.25) is 19.1 Å². The molecule has 2 atom stereocenters. The highest BCUT2D eigenvalue weighted by Crippen LogP contribution is 2.36. The van der Waals surface area contributed by atoms with Crippen LogP contribution in [0.5, 0.6) is 0 Å². The second-order valence-electron chi connectivity index (χ2n) is 6.59. The number of amides is 2. The zero-order chi connectivity index (χ0) is 20.4. The molecule has 1 aliphatic rings. The van der Waals surface area contributed by atoms with Crippen molar-refractivity contribution in [2.45, 2.75) is 43.4 Å². The fraction of sp³-hybridized carbons (Fsp3) is 0.368. The van der Waals surface area contributed by atoms with E-state index in [1.54, 1.807) is 18.7 Å². The Morgan fingerprint density at radius 1 is 1.36 bits per heavy atom. The summed E-state index contributed by atoms with van der Waals surface area (Å²) >= 11 is 1.31. The molecule has 0 aliphatic carbocycles. The van der Waals surface area contributed by atoms with Crippen LogP contribution in [0.2, 0.25) is 0 Å². The number of nitrogens with zero attached hydrogens (tertiary/aromatic N) is 2. The highest BCUT2D eigenvalue weighted by Gasteiger charge is 2.30. The van der Waals surface area contributed by atoms with E-state index in [0.29, 0.717) is 11.4 Å². The van der Waals surface area contributed by atoms with Crippen LogP contribution in [-0.4, -0.2) is 38.9 Å². The van der Waals surface area contributed by atoms with Crippen molar-refractivity contribution in [2.24, 2.45) is 7.05 Å². The number of esters is 1. The molecule has 2 amide bonds. The Bertz CT molecular complexity index is 940. The normalized spacial score (nSPS) is 16.7. The van der Waals surface area contributed by atoms with Gasteiger partial charge in [-0.05, 0) is 32.9 Å². The number of fused-ring (bicyclic) bond motifs is 1. The predicted molar refractivity (Wildman–Crippen MR) is 106 cm³/mol. The molecule has 2 aromatic rings. The summed E-state index contributed by atoms with van der Waals surface area (Å²) in [6.07, 6.45) is -1.11. The van der Waals surface area contributed by atoms with E-state index in [9.17, 15) is 14.4 Å². The first-order valence-electron chi connectivity index (χ1n) is 8.83. The number of carbonyl (C=O) groups is 3. The van der Waals surface area contributed by atoms with Crippen molar-refractivity contribution in [1.82, 2.24) is 9.78 Å². The van der Waals surface area contributed by atoms with Crippen LogP contribution >= 0.6 is 11.8 Å². The number of carbonyl (C=O) groups excluding carboxylic acids is 3. The summed E-state index contributed by atoms with van der Waals surface area (Å²) in [6.45, 7) is 5.12. The monoisotopic (exact) mass is 402 g/mol. The molecule has 28 heavy (non-hydrogen) atoms. The van der Waals surface area contributed by atoms with Crippen LogP contribution in [0, 0.1) is 13.8 Å². The molecule has 1 aliphatic heterocycles. The summed E-state index contributed by atoms with van der Waals surface area (Å²) in [4.78, 5) is 37.7. The number of nitrogens with one attached hydrogen (secondary N) is 2. The van der Waals surface area contributed by atoms with Gasteiger partial charge in [0.25, 0.3) is 5.91 Å². The van der Waals surface area contributed by atoms with Crippen LogP contribution in [0.4, 0.5) is 11.4 Å². The van der Waals surface area contributed by atoms with E-state index in [0.717, 1.165) is 16.3 Å². The number of hydrogen-bond acceptors (Lipinski definition) is 6. The molecule has 1 aromatic carbocycles. The third-order valence-electron chi connectivity index (χ3n) is 4.49. The van der Waals surface area contributed by atoms with Crippen LogP contribution in [0.15, 0.2) is 29.2 Å². The zero-order valence-electron chi connectivity index (χ0n) is 16.1. The number of thioether (sulfide) groups is 1. The maximum Gasteiger partial charge on any atom is 0.308 e. The average molecular weight is 402 g/mol. The molecule has 0 saturated heterocycles. The van der Waals surface area contributed by atoms with Gasteiger partial charge in [0.2, 0.25) is 5.91 Å². The van der Waals surface area contributed by atoms with Crippen LogP contribution in [-0.2, 0) is 26.2 Å². The predicted octanol–water partition coefficient (Wildman–Crippen LogP) is 2.41. The fourth-order valence-electron chi connectivity index (χ4n) is 2.86. The minimum atomic E-state index is -0.990. The molecule has 2 heterocycles. The van der Waals surface area contributed by atoms with Gasteiger partial charge in [-0.2, -0.15) is 5.10 Å². The lowest BCUT2D eigenvalue weighted by molar-refractivity contribution is -0.153. The van der Waals surface area contributed by atoms with Crippen LogP contribution in [0.25, 0.3) is 0 Å². The Morgan fingerprint density at radius 2 is 2.07 bits per heavy atom. The zero-order valence-corrected chi connectivity index (χ0v) is 16.9. The van der Waals surface area contributed by atoms with Crippen molar-refractivity contribution in [3.8, 4) is 0 Å². The third-order valence-corrected chi connectivity index (χ3v) is 5.77. The first kappa shape index (κ1) is 19.9. The summed E-state index contributed by atoms with van der Waals surface area (Å²) in [5.74, 6) is -1.30. The maximum absolute atomic E-state index is 12.4. The number of rotatable bonds is 5. The Morgan fingerprint density at radius 3 is 2.75 bits per heavy atom. The van der Waals surface area contributed by atoms with Crippen molar-refractivity contribution < 1.29 is 19.1 Å². The lowest BCUT2D eigenvalue weighted by Crippen LogP contribution is -2.34. The van der Waals surface area contributed by atoms with E-state index in [-0.39, 0.29) is 12.3 Å². The van der Waals surface area contributed by atoms with Gasteiger partial charge in [0, 0.05) is 11.9 Å². The molecule has 0 saturated carbocycles. The van der Waals surface area contributed by atoms with Crippen molar-refractivity contribution in [1.29, 1.82) is 0 Å². The topological polar surface area (TPSA) is 102 Å². The molecule has 8 nitrogen and oxygen atoms in total. The van der Waals surface area contributed by atoms with Gasteiger partial charge >= 0.3 is 5.97 Å². The van der Waals surface area contributed by atoms with Crippen LogP contribution < -0.4 is 10.6 Å². The van der Waals surface area contributed by atoms with Crippen LogP contribution in [0.3, 0.4) is 0 Å². The van der Waals surface area contributed by atoms with Gasteiger partial charge in [-0.15, -0.1) is 11.8 Å². The maximum atomic E-state index is 12.4.